The minimum atomic E-state index is -0.0165. The topological polar surface area (TPSA) is 87.5 Å². The maximum absolute atomic E-state index is 11.7. The molecule has 2 amide bonds. The third-order valence-electron chi connectivity index (χ3n) is 3.38. The van der Waals surface area contributed by atoms with E-state index in [1.807, 2.05) is 13.8 Å². The molecule has 1 aliphatic rings. The number of carbonyl (C=O) groups is 2. The number of hydrogen-bond donors (Lipinski definition) is 3. The van der Waals surface area contributed by atoms with Gasteiger partial charge in [0, 0.05) is 38.6 Å². The Kier molecular flexibility index (Phi) is 7.54. The number of likely N-dealkylation sites (tertiary alicyclic amines) is 1. The quantitative estimate of drug-likeness (QED) is 0.598. The molecule has 0 saturated carbocycles. The second-order valence-electron chi connectivity index (χ2n) is 5.91. The standard InChI is InChI=1S/C14H28N4O2/c1-11(2)9-17-13(19)3-6-16-14(20)10-18-7-4-12(15)5-8-18/h11-12H,3-10,15H2,1-2H3,(H,16,20)(H,17,19). The summed E-state index contributed by atoms with van der Waals surface area (Å²) in [6.45, 7) is 7.34. The summed E-state index contributed by atoms with van der Waals surface area (Å²) in [6.07, 6.45) is 2.24. The fourth-order valence-corrected chi connectivity index (χ4v) is 2.09. The average Bonchev–Trinajstić information content (AvgIpc) is 2.39. The maximum Gasteiger partial charge on any atom is 0.234 e. The van der Waals surface area contributed by atoms with Gasteiger partial charge in [0.05, 0.1) is 6.54 Å². The predicted octanol–water partition coefficient (Wildman–Crippen LogP) is -0.312. The van der Waals surface area contributed by atoms with Gasteiger partial charge in [-0.2, -0.15) is 0 Å². The lowest BCUT2D eigenvalue weighted by Crippen LogP contribution is -2.45. The molecule has 0 bridgehead atoms. The molecule has 0 atom stereocenters. The van der Waals surface area contributed by atoms with Crippen LogP contribution in [0.1, 0.15) is 33.1 Å². The van der Waals surface area contributed by atoms with Crippen molar-refractivity contribution >= 4 is 11.8 Å². The van der Waals surface area contributed by atoms with Crippen molar-refractivity contribution in [1.82, 2.24) is 15.5 Å². The lowest BCUT2D eigenvalue weighted by molar-refractivity contribution is -0.123. The second-order valence-corrected chi connectivity index (χ2v) is 5.91. The van der Waals surface area contributed by atoms with Crippen LogP contribution in [0, 0.1) is 5.92 Å². The van der Waals surface area contributed by atoms with Crippen LogP contribution < -0.4 is 16.4 Å². The van der Waals surface area contributed by atoms with E-state index in [-0.39, 0.29) is 17.9 Å². The van der Waals surface area contributed by atoms with Gasteiger partial charge in [0.15, 0.2) is 0 Å². The Bertz CT molecular complexity index is 312. The molecule has 0 radical (unpaired) electrons. The minimum absolute atomic E-state index is 0.0112. The highest BCUT2D eigenvalue weighted by molar-refractivity contribution is 5.80. The number of rotatable bonds is 7. The molecule has 6 heteroatoms. The van der Waals surface area contributed by atoms with Crippen molar-refractivity contribution in [3.63, 3.8) is 0 Å². The van der Waals surface area contributed by atoms with Crippen LogP contribution in [0.25, 0.3) is 0 Å². The van der Waals surface area contributed by atoms with Crippen molar-refractivity contribution in [2.45, 2.75) is 39.2 Å². The zero-order valence-electron chi connectivity index (χ0n) is 12.7. The molecule has 0 aromatic rings. The van der Waals surface area contributed by atoms with E-state index in [2.05, 4.69) is 15.5 Å². The van der Waals surface area contributed by atoms with E-state index in [1.54, 1.807) is 0 Å². The lowest BCUT2D eigenvalue weighted by atomic mass is 10.1. The Labute approximate surface area is 121 Å². The maximum atomic E-state index is 11.7. The van der Waals surface area contributed by atoms with Gasteiger partial charge in [-0.3, -0.25) is 14.5 Å². The molecule has 0 aromatic heterocycles. The Hall–Kier alpha value is -1.14. The zero-order valence-corrected chi connectivity index (χ0v) is 12.7. The predicted molar refractivity (Wildman–Crippen MR) is 79.1 cm³/mol. The van der Waals surface area contributed by atoms with Gasteiger partial charge in [0.25, 0.3) is 0 Å². The van der Waals surface area contributed by atoms with Crippen LogP contribution in [0.2, 0.25) is 0 Å². The summed E-state index contributed by atoms with van der Waals surface area (Å²) < 4.78 is 0. The van der Waals surface area contributed by atoms with E-state index in [9.17, 15) is 9.59 Å². The summed E-state index contributed by atoms with van der Waals surface area (Å²) in [5, 5.41) is 5.61. The van der Waals surface area contributed by atoms with Gasteiger partial charge in [-0.05, 0) is 18.8 Å². The Morgan fingerprint density at radius 3 is 2.45 bits per heavy atom. The molecule has 6 nitrogen and oxygen atoms in total. The van der Waals surface area contributed by atoms with Gasteiger partial charge in [-0.1, -0.05) is 13.8 Å². The number of carbonyl (C=O) groups excluding carboxylic acids is 2. The fraction of sp³-hybridized carbons (Fsp3) is 0.857. The Morgan fingerprint density at radius 2 is 1.85 bits per heavy atom. The van der Waals surface area contributed by atoms with Crippen LogP contribution in [0.3, 0.4) is 0 Å². The van der Waals surface area contributed by atoms with Crippen LogP contribution in [-0.4, -0.2) is 55.5 Å². The van der Waals surface area contributed by atoms with Crippen LogP contribution in [0.5, 0.6) is 0 Å². The summed E-state index contributed by atoms with van der Waals surface area (Å²) >= 11 is 0. The first kappa shape index (κ1) is 16.9. The van der Waals surface area contributed by atoms with Gasteiger partial charge < -0.3 is 16.4 Å². The van der Waals surface area contributed by atoms with Crippen molar-refractivity contribution in [3.8, 4) is 0 Å². The SMILES string of the molecule is CC(C)CNC(=O)CCNC(=O)CN1CCC(N)CC1. The van der Waals surface area contributed by atoms with E-state index in [4.69, 9.17) is 5.73 Å². The number of amides is 2. The lowest BCUT2D eigenvalue weighted by Gasteiger charge is -2.29. The molecule has 1 heterocycles. The van der Waals surface area contributed by atoms with Crippen LogP contribution in [0.4, 0.5) is 0 Å². The Morgan fingerprint density at radius 1 is 1.20 bits per heavy atom. The molecular formula is C14H28N4O2. The van der Waals surface area contributed by atoms with E-state index in [1.165, 1.54) is 0 Å². The smallest absolute Gasteiger partial charge is 0.234 e. The van der Waals surface area contributed by atoms with E-state index in [0.29, 0.717) is 32.0 Å². The van der Waals surface area contributed by atoms with Gasteiger partial charge in [-0.15, -0.1) is 0 Å². The van der Waals surface area contributed by atoms with Gasteiger partial charge in [0.2, 0.25) is 11.8 Å². The Balaban J connectivity index is 2.06. The highest BCUT2D eigenvalue weighted by Crippen LogP contribution is 2.07. The molecule has 1 fully saturated rings. The minimum Gasteiger partial charge on any atom is -0.356 e. The molecule has 1 rings (SSSR count). The average molecular weight is 284 g/mol. The van der Waals surface area contributed by atoms with Gasteiger partial charge >= 0.3 is 0 Å². The summed E-state index contributed by atoms with van der Waals surface area (Å²) in [5.74, 6) is 0.416. The number of nitrogens with two attached hydrogens (primary N) is 1. The number of hydrogen-bond acceptors (Lipinski definition) is 4. The van der Waals surface area contributed by atoms with E-state index < -0.39 is 0 Å². The van der Waals surface area contributed by atoms with Crippen LogP contribution in [0.15, 0.2) is 0 Å². The summed E-state index contributed by atoms with van der Waals surface area (Å²) in [4.78, 5) is 25.3. The number of nitrogens with one attached hydrogen (secondary N) is 2. The van der Waals surface area contributed by atoms with Crippen molar-refractivity contribution < 1.29 is 9.59 Å². The van der Waals surface area contributed by atoms with Crippen molar-refractivity contribution in [1.29, 1.82) is 0 Å². The van der Waals surface area contributed by atoms with Gasteiger partial charge in [0.1, 0.15) is 0 Å². The number of piperidine rings is 1. The fourth-order valence-electron chi connectivity index (χ4n) is 2.09. The summed E-state index contributed by atoms with van der Waals surface area (Å²) in [6, 6.07) is 0.277. The second kappa shape index (κ2) is 8.92. The molecule has 1 aliphatic heterocycles. The van der Waals surface area contributed by atoms with Crippen molar-refractivity contribution in [2.24, 2.45) is 11.7 Å². The highest BCUT2D eigenvalue weighted by atomic mass is 16.2. The molecule has 0 aliphatic carbocycles. The monoisotopic (exact) mass is 284 g/mol. The number of nitrogens with zero attached hydrogens (tertiary/aromatic N) is 1. The molecule has 0 unspecified atom stereocenters. The molecule has 0 aromatic carbocycles. The normalized spacial score (nSPS) is 17.2. The first-order chi connectivity index (χ1) is 9.47. The molecule has 4 N–H and O–H groups in total. The van der Waals surface area contributed by atoms with Crippen LogP contribution in [-0.2, 0) is 9.59 Å². The van der Waals surface area contributed by atoms with Crippen molar-refractivity contribution in [2.75, 3.05) is 32.7 Å². The summed E-state index contributed by atoms with van der Waals surface area (Å²) in [7, 11) is 0. The summed E-state index contributed by atoms with van der Waals surface area (Å²) in [5.41, 5.74) is 5.82. The molecule has 20 heavy (non-hydrogen) atoms. The highest BCUT2D eigenvalue weighted by Gasteiger charge is 2.17. The van der Waals surface area contributed by atoms with Crippen molar-refractivity contribution in [3.05, 3.63) is 0 Å². The molecule has 116 valence electrons. The first-order valence-corrected chi connectivity index (χ1v) is 7.48. The zero-order chi connectivity index (χ0) is 15.0. The molecular weight excluding hydrogens is 256 g/mol. The molecule has 1 saturated heterocycles. The largest absolute Gasteiger partial charge is 0.356 e. The third kappa shape index (κ3) is 7.45. The third-order valence-corrected chi connectivity index (χ3v) is 3.38. The van der Waals surface area contributed by atoms with E-state index in [0.717, 1.165) is 25.9 Å². The first-order valence-electron chi connectivity index (χ1n) is 7.48. The van der Waals surface area contributed by atoms with E-state index >= 15 is 0 Å². The molecule has 0 spiro atoms. The van der Waals surface area contributed by atoms with Crippen LogP contribution >= 0.6 is 0 Å². The van der Waals surface area contributed by atoms with Gasteiger partial charge in [-0.25, -0.2) is 0 Å².